The Morgan fingerprint density at radius 1 is 1.17 bits per heavy atom. The number of halogens is 1. The minimum absolute atomic E-state index is 0.732. The molecule has 2 N–H and O–H groups in total. The van der Waals surface area contributed by atoms with Crippen molar-refractivity contribution in [3.8, 4) is 0 Å². The highest BCUT2D eigenvalue weighted by molar-refractivity contribution is 14.1. The molecular formula is C13H21IN2O2. The van der Waals surface area contributed by atoms with Gasteiger partial charge in [0.25, 0.3) is 0 Å². The number of ether oxygens (including phenoxy) is 2. The van der Waals surface area contributed by atoms with Gasteiger partial charge in [0.1, 0.15) is 0 Å². The minimum atomic E-state index is 0.732. The number of anilines is 1. The summed E-state index contributed by atoms with van der Waals surface area (Å²) in [6, 6.07) is 6.16. The lowest BCUT2D eigenvalue weighted by atomic mass is 10.2. The Balaban J connectivity index is 2.59. The third kappa shape index (κ3) is 5.51. The molecule has 1 aromatic carbocycles. The summed E-state index contributed by atoms with van der Waals surface area (Å²) in [5.74, 6) is 0. The topological polar surface area (TPSA) is 47.7 Å². The molecule has 0 saturated heterocycles. The second kappa shape index (κ2) is 8.68. The van der Waals surface area contributed by atoms with Crippen molar-refractivity contribution < 1.29 is 9.47 Å². The monoisotopic (exact) mass is 364 g/mol. The first kappa shape index (κ1) is 15.7. The molecule has 5 heteroatoms. The average Bonchev–Trinajstić information content (AvgIpc) is 2.37. The molecule has 0 amide bonds. The summed E-state index contributed by atoms with van der Waals surface area (Å²) in [6.07, 6.45) is 0. The van der Waals surface area contributed by atoms with Crippen molar-refractivity contribution in [2.75, 3.05) is 46.3 Å². The van der Waals surface area contributed by atoms with E-state index in [1.165, 1.54) is 5.56 Å². The Bertz CT molecular complexity index is 353. The van der Waals surface area contributed by atoms with Gasteiger partial charge in [-0.2, -0.15) is 0 Å². The van der Waals surface area contributed by atoms with Gasteiger partial charge in [0.05, 0.1) is 13.2 Å². The lowest BCUT2D eigenvalue weighted by Crippen LogP contribution is -2.30. The van der Waals surface area contributed by atoms with Crippen LogP contribution in [-0.4, -0.2) is 45.4 Å². The van der Waals surface area contributed by atoms with Gasteiger partial charge in [-0.3, -0.25) is 4.90 Å². The van der Waals surface area contributed by atoms with E-state index >= 15 is 0 Å². The molecule has 0 bridgehead atoms. The zero-order chi connectivity index (χ0) is 13.4. The Kier molecular flexibility index (Phi) is 7.57. The zero-order valence-corrected chi connectivity index (χ0v) is 13.1. The fraction of sp³-hybridized carbons (Fsp3) is 0.538. The molecule has 0 spiro atoms. The maximum absolute atomic E-state index is 5.82. The van der Waals surface area contributed by atoms with Crippen LogP contribution in [0.3, 0.4) is 0 Å². The summed E-state index contributed by atoms with van der Waals surface area (Å²) in [7, 11) is 3.45. The molecule has 18 heavy (non-hydrogen) atoms. The third-order valence-electron chi connectivity index (χ3n) is 2.69. The standard InChI is InChI=1S/C13H21IN2O2/c1-17-7-5-16(6-8-18-2)10-11-3-4-13(15)12(14)9-11/h3-4,9H,5-8,10,15H2,1-2H3. The summed E-state index contributed by atoms with van der Waals surface area (Å²) in [6.45, 7) is 4.16. The zero-order valence-electron chi connectivity index (χ0n) is 11.0. The molecule has 0 fully saturated rings. The fourth-order valence-electron chi connectivity index (χ4n) is 1.64. The van der Waals surface area contributed by atoms with Crippen molar-refractivity contribution in [1.29, 1.82) is 0 Å². The predicted molar refractivity (Wildman–Crippen MR) is 82.6 cm³/mol. The molecule has 1 rings (SSSR count). The van der Waals surface area contributed by atoms with Crippen molar-refractivity contribution in [2.45, 2.75) is 6.54 Å². The second-order valence-electron chi connectivity index (χ2n) is 4.12. The summed E-state index contributed by atoms with van der Waals surface area (Å²) in [5.41, 5.74) is 7.92. The Hall–Kier alpha value is -0.370. The van der Waals surface area contributed by atoms with Crippen LogP contribution in [0.5, 0.6) is 0 Å². The molecule has 0 unspecified atom stereocenters. The summed E-state index contributed by atoms with van der Waals surface area (Å²) >= 11 is 2.26. The maximum atomic E-state index is 5.82. The van der Waals surface area contributed by atoms with E-state index < -0.39 is 0 Å². The van der Waals surface area contributed by atoms with E-state index in [0.717, 1.165) is 42.1 Å². The average molecular weight is 364 g/mol. The summed E-state index contributed by atoms with van der Waals surface area (Å²) in [5, 5.41) is 0. The molecule has 0 aliphatic carbocycles. The largest absolute Gasteiger partial charge is 0.398 e. The van der Waals surface area contributed by atoms with Gasteiger partial charge in [0.15, 0.2) is 0 Å². The van der Waals surface area contributed by atoms with Crippen LogP contribution in [0, 0.1) is 3.57 Å². The van der Waals surface area contributed by atoms with E-state index in [9.17, 15) is 0 Å². The molecular weight excluding hydrogens is 343 g/mol. The lowest BCUT2D eigenvalue weighted by molar-refractivity contribution is 0.110. The number of benzene rings is 1. The number of nitrogens with two attached hydrogens (primary N) is 1. The number of methoxy groups -OCH3 is 2. The summed E-state index contributed by atoms with van der Waals surface area (Å²) < 4.78 is 11.4. The predicted octanol–water partition coefficient (Wildman–Crippen LogP) is 1.97. The van der Waals surface area contributed by atoms with Gasteiger partial charge in [0.2, 0.25) is 0 Å². The number of nitrogens with zero attached hydrogens (tertiary/aromatic N) is 1. The normalized spacial score (nSPS) is 11.1. The van der Waals surface area contributed by atoms with Gasteiger partial charge in [0, 0.05) is 43.1 Å². The van der Waals surface area contributed by atoms with Gasteiger partial charge in [-0.05, 0) is 40.3 Å². The molecule has 0 saturated carbocycles. The van der Waals surface area contributed by atoms with E-state index in [0.29, 0.717) is 0 Å². The van der Waals surface area contributed by atoms with Crippen molar-refractivity contribution >= 4 is 28.3 Å². The highest BCUT2D eigenvalue weighted by Crippen LogP contribution is 2.17. The van der Waals surface area contributed by atoms with Crippen molar-refractivity contribution in [3.05, 3.63) is 27.3 Å². The second-order valence-corrected chi connectivity index (χ2v) is 5.28. The molecule has 0 radical (unpaired) electrons. The lowest BCUT2D eigenvalue weighted by Gasteiger charge is -2.21. The SMILES string of the molecule is COCCN(CCOC)Cc1ccc(N)c(I)c1. The molecule has 102 valence electrons. The van der Waals surface area contributed by atoms with E-state index in [-0.39, 0.29) is 0 Å². The number of hydrogen-bond acceptors (Lipinski definition) is 4. The van der Waals surface area contributed by atoms with Crippen LogP contribution in [0.25, 0.3) is 0 Å². The molecule has 0 aliphatic rings. The van der Waals surface area contributed by atoms with Crippen LogP contribution in [-0.2, 0) is 16.0 Å². The summed E-state index contributed by atoms with van der Waals surface area (Å²) in [4.78, 5) is 2.31. The first-order valence-electron chi connectivity index (χ1n) is 5.91. The van der Waals surface area contributed by atoms with E-state index in [1.54, 1.807) is 14.2 Å². The van der Waals surface area contributed by atoms with Crippen molar-refractivity contribution in [3.63, 3.8) is 0 Å². The van der Waals surface area contributed by atoms with E-state index in [4.69, 9.17) is 15.2 Å². The maximum Gasteiger partial charge on any atom is 0.0589 e. The molecule has 0 atom stereocenters. The van der Waals surface area contributed by atoms with Crippen LogP contribution in [0.4, 0.5) is 5.69 Å². The Labute approximate surface area is 123 Å². The van der Waals surface area contributed by atoms with Gasteiger partial charge < -0.3 is 15.2 Å². The van der Waals surface area contributed by atoms with Gasteiger partial charge in [-0.15, -0.1) is 0 Å². The van der Waals surface area contributed by atoms with Gasteiger partial charge in [-0.25, -0.2) is 0 Å². The first-order chi connectivity index (χ1) is 8.67. The quantitative estimate of drug-likeness (QED) is 0.566. The highest BCUT2D eigenvalue weighted by Gasteiger charge is 2.07. The number of nitrogen functional groups attached to an aromatic ring is 1. The Morgan fingerprint density at radius 3 is 2.28 bits per heavy atom. The van der Waals surface area contributed by atoms with Crippen molar-refractivity contribution in [1.82, 2.24) is 4.90 Å². The molecule has 0 heterocycles. The number of rotatable bonds is 8. The van der Waals surface area contributed by atoms with Crippen LogP contribution in [0.2, 0.25) is 0 Å². The minimum Gasteiger partial charge on any atom is -0.398 e. The van der Waals surface area contributed by atoms with Crippen LogP contribution < -0.4 is 5.73 Å². The molecule has 1 aromatic rings. The smallest absolute Gasteiger partial charge is 0.0589 e. The molecule has 4 nitrogen and oxygen atoms in total. The number of hydrogen-bond donors (Lipinski definition) is 1. The van der Waals surface area contributed by atoms with Crippen LogP contribution in [0.15, 0.2) is 18.2 Å². The highest BCUT2D eigenvalue weighted by atomic mass is 127. The van der Waals surface area contributed by atoms with E-state index in [1.807, 2.05) is 6.07 Å². The fourth-order valence-corrected chi connectivity index (χ4v) is 2.22. The molecule has 0 aromatic heterocycles. The third-order valence-corrected chi connectivity index (χ3v) is 3.63. The van der Waals surface area contributed by atoms with E-state index in [2.05, 4.69) is 39.6 Å². The molecule has 0 aliphatic heterocycles. The van der Waals surface area contributed by atoms with Gasteiger partial charge in [-0.1, -0.05) is 6.07 Å². The van der Waals surface area contributed by atoms with Crippen LogP contribution in [0.1, 0.15) is 5.56 Å². The Morgan fingerprint density at radius 2 is 1.78 bits per heavy atom. The van der Waals surface area contributed by atoms with Crippen molar-refractivity contribution in [2.24, 2.45) is 0 Å². The van der Waals surface area contributed by atoms with Gasteiger partial charge >= 0.3 is 0 Å². The first-order valence-corrected chi connectivity index (χ1v) is 6.99. The van der Waals surface area contributed by atoms with Crippen LogP contribution >= 0.6 is 22.6 Å².